The van der Waals surface area contributed by atoms with E-state index in [9.17, 15) is 13.2 Å². The van der Waals surface area contributed by atoms with Gasteiger partial charge in [-0.3, -0.25) is 0 Å². The van der Waals surface area contributed by atoms with Gasteiger partial charge in [0.05, 0.1) is 20.3 Å². The molecule has 0 saturated heterocycles. The zero-order valence-corrected chi connectivity index (χ0v) is 12.7. The van der Waals surface area contributed by atoms with E-state index in [2.05, 4.69) is 5.32 Å². The second-order valence-corrected chi connectivity index (χ2v) is 5.08. The standard InChI is InChI=1S/C15H22F3NO3/c1-14(15(16,17)18,22-10-9-20)11-19-8-7-12-3-5-13(21-2)6-4-12/h3-6,19-20H,7-11H2,1-2H3. The highest BCUT2D eigenvalue weighted by Gasteiger charge is 2.51. The monoisotopic (exact) mass is 321 g/mol. The second kappa shape index (κ2) is 8.36. The Hall–Kier alpha value is -1.31. The van der Waals surface area contributed by atoms with Crippen LogP contribution in [0.1, 0.15) is 12.5 Å². The second-order valence-electron chi connectivity index (χ2n) is 5.08. The van der Waals surface area contributed by atoms with E-state index in [4.69, 9.17) is 14.6 Å². The van der Waals surface area contributed by atoms with E-state index in [1.807, 2.05) is 12.1 Å². The number of aliphatic hydroxyl groups excluding tert-OH is 1. The van der Waals surface area contributed by atoms with Gasteiger partial charge in [0, 0.05) is 6.54 Å². The van der Waals surface area contributed by atoms with Gasteiger partial charge >= 0.3 is 6.18 Å². The summed E-state index contributed by atoms with van der Waals surface area (Å²) in [5, 5.41) is 11.4. The van der Waals surface area contributed by atoms with Crippen molar-refractivity contribution < 1.29 is 27.8 Å². The van der Waals surface area contributed by atoms with Crippen LogP contribution >= 0.6 is 0 Å². The lowest BCUT2D eigenvalue weighted by Gasteiger charge is -2.32. The summed E-state index contributed by atoms with van der Waals surface area (Å²) in [7, 11) is 1.57. The van der Waals surface area contributed by atoms with E-state index in [0.29, 0.717) is 13.0 Å². The Morgan fingerprint density at radius 1 is 1.18 bits per heavy atom. The van der Waals surface area contributed by atoms with Gasteiger partial charge < -0.3 is 19.9 Å². The number of methoxy groups -OCH3 is 1. The summed E-state index contributed by atoms with van der Waals surface area (Å²) in [5.74, 6) is 0.735. The molecule has 1 atom stereocenters. The van der Waals surface area contributed by atoms with Crippen LogP contribution in [0.5, 0.6) is 5.75 Å². The lowest BCUT2D eigenvalue weighted by atomic mass is 10.1. The molecule has 0 aromatic heterocycles. The number of ether oxygens (including phenoxy) is 2. The summed E-state index contributed by atoms with van der Waals surface area (Å²) in [4.78, 5) is 0. The molecule has 0 fully saturated rings. The van der Waals surface area contributed by atoms with E-state index in [1.165, 1.54) is 0 Å². The van der Waals surface area contributed by atoms with Crippen molar-refractivity contribution in [2.75, 3.05) is 33.4 Å². The Labute approximate surface area is 128 Å². The quantitative estimate of drug-likeness (QED) is 0.685. The molecule has 2 N–H and O–H groups in total. The SMILES string of the molecule is COc1ccc(CCNCC(C)(OCCO)C(F)(F)F)cc1. The van der Waals surface area contributed by atoms with E-state index in [1.54, 1.807) is 19.2 Å². The highest BCUT2D eigenvalue weighted by molar-refractivity contribution is 5.27. The molecule has 0 aliphatic heterocycles. The van der Waals surface area contributed by atoms with Crippen LogP contribution in [0.2, 0.25) is 0 Å². The number of benzene rings is 1. The number of rotatable bonds is 9. The molecule has 22 heavy (non-hydrogen) atoms. The predicted molar refractivity (Wildman–Crippen MR) is 77.1 cm³/mol. The van der Waals surface area contributed by atoms with Gasteiger partial charge in [-0.15, -0.1) is 0 Å². The first-order valence-electron chi connectivity index (χ1n) is 6.97. The van der Waals surface area contributed by atoms with Crippen molar-refractivity contribution in [2.45, 2.75) is 25.1 Å². The summed E-state index contributed by atoms with van der Waals surface area (Å²) < 4.78 is 48.8. The van der Waals surface area contributed by atoms with Gasteiger partial charge in [0.1, 0.15) is 5.75 Å². The molecule has 126 valence electrons. The van der Waals surface area contributed by atoms with Crippen LogP contribution in [0.25, 0.3) is 0 Å². The first-order chi connectivity index (χ1) is 10.3. The summed E-state index contributed by atoms with van der Waals surface area (Å²) in [6.45, 7) is 0.198. The molecule has 0 saturated carbocycles. The van der Waals surface area contributed by atoms with Gasteiger partial charge in [0.2, 0.25) is 0 Å². The summed E-state index contributed by atoms with van der Waals surface area (Å²) >= 11 is 0. The zero-order valence-electron chi connectivity index (χ0n) is 12.7. The van der Waals surface area contributed by atoms with Crippen LogP contribution in [-0.4, -0.2) is 50.3 Å². The Bertz CT molecular complexity index is 437. The summed E-state index contributed by atoms with van der Waals surface area (Å²) in [5.41, 5.74) is -1.31. The highest BCUT2D eigenvalue weighted by Crippen LogP contribution is 2.32. The minimum atomic E-state index is -4.50. The fourth-order valence-corrected chi connectivity index (χ4v) is 1.86. The third-order valence-corrected chi connectivity index (χ3v) is 3.32. The normalized spacial score (nSPS) is 14.6. The lowest BCUT2D eigenvalue weighted by molar-refractivity contribution is -0.270. The topological polar surface area (TPSA) is 50.7 Å². The number of nitrogens with one attached hydrogen (secondary N) is 1. The molecule has 0 spiro atoms. The highest BCUT2D eigenvalue weighted by atomic mass is 19.4. The molecule has 0 radical (unpaired) electrons. The van der Waals surface area contributed by atoms with Crippen molar-refractivity contribution >= 4 is 0 Å². The molecule has 1 aromatic rings. The number of halogens is 3. The van der Waals surface area contributed by atoms with E-state index in [-0.39, 0.29) is 13.2 Å². The van der Waals surface area contributed by atoms with Crippen molar-refractivity contribution in [3.05, 3.63) is 29.8 Å². The van der Waals surface area contributed by atoms with Crippen LogP contribution in [0, 0.1) is 0 Å². The molecule has 0 amide bonds. The first-order valence-corrected chi connectivity index (χ1v) is 6.97. The molecule has 0 heterocycles. The smallest absolute Gasteiger partial charge is 0.418 e. The first kappa shape index (κ1) is 18.7. The fourth-order valence-electron chi connectivity index (χ4n) is 1.86. The van der Waals surface area contributed by atoms with Crippen molar-refractivity contribution in [2.24, 2.45) is 0 Å². The maximum atomic E-state index is 13.0. The molecule has 0 aliphatic rings. The molecule has 1 aromatic carbocycles. The number of hydrogen-bond acceptors (Lipinski definition) is 4. The summed E-state index contributed by atoms with van der Waals surface area (Å²) in [6, 6.07) is 7.34. The number of aliphatic hydroxyl groups is 1. The van der Waals surface area contributed by atoms with E-state index >= 15 is 0 Å². The Morgan fingerprint density at radius 3 is 2.32 bits per heavy atom. The number of alkyl halides is 3. The molecule has 4 nitrogen and oxygen atoms in total. The predicted octanol–water partition coefficient (Wildman–Crippen LogP) is 2.16. The molecule has 1 rings (SSSR count). The van der Waals surface area contributed by atoms with Gasteiger partial charge in [-0.25, -0.2) is 0 Å². The van der Waals surface area contributed by atoms with Crippen molar-refractivity contribution in [1.29, 1.82) is 0 Å². The van der Waals surface area contributed by atoms with Crippen molar-refractivity contribution in [3.8, 4) is 5.75 Å². The van der Waals surface area contributed by atoms with Gasteiger partial charge in [0.15, 0.2) is 5.60 Å². The fraction of sp³-hybridized carbons (Fsp3) is 0.600. The molecule has 0 bridgehead atoms. The van der Waals surface area contributed by atoms with Gasteiger partial charge in [0.25, 0.3) is 0 Å². The van der Waals surface area contributed by atoms with Crippen LogP contribution < -0.4 is 10.1 Å². The van der Waals surface area contributed by atoms with Crippen LogP contribution in [-0.2, 0) is 11.2 Å². The average molecular weight is 321 g/mol. The molecule has 7 heteroatoms. The minimum Gasteiger partial charge on any atom is -0.497 e. The maximum absolute atomic E-state index is 13.0. The van der Waals surface area contributed by atoms with Gasteiger partial charge in [-0.05, 0) is 37.6 Å². The third-order valence-electron chi connectivity index (χ3n) is 3.32. The van der Waals surface area contributed by atoms with Crippen molar-refractivity contribution in [3.63, 3.8) is 0 Å². The molecule has 1 unspecified atom stereocenters. The lowest BCUT2D eigenvalue weighted by Crippen LogP contribution is -2.52. The van der Waals surface area contributed by atoms with Gasteiger partial charge in [-0.2, -0.15) is 13.2 Å². The maximum Gasteiger partial charge on any atom is 0.418 e. The van der Waals surface area contributed by atoms with Crippen LogP contribution in [0.15, 0.2) is 24.3 Å². The number of hydrogen-bond donors (Lipinski definition) is 2. The van der Waals surface area contributed by atoms with Crippen LogP contribution in [0.3, 0.4) is 0 Å². The van der Waals surface area contributed by atoms with Gasteiger partial charge in [-0.1, -0.05) is 12.1 Å². The van der Waals surface area contributed by atoms with Crippen LogP contribution in [0.4, 0.5) is 13.2 Å². The largest absolute Gasteiger partial charge is 0.497 e. The van der Waals surface area contributed by atoms with E-state index < -0.39 is 18.4 Å². The zero-order chi connectivity index (χ0) is 16.6. The molecular formula is C15H22F3NO3. The summed E-state index contributed by atoms with van der Waals surface area (Å²) in [6.07, 6.45) is -3.91. The van der Waals surface area contributed by atoms with E-state index in [0.717, 1.165) is 18.2 Å². The Balaban J connectivity index is 2.45. The third kappa shape index (κ3) is 5.47. The Kier molecular flexibility index (Phi) is 7.12. The molecule has 0 aliphatic carbocycles. The van der Waals surface area contributed by atoms with Crippen molar-refractivity contribution in [1.82, 2.24) is 5.32 Å². The Morgan fingerprint density at radius 2 is 1.82 bits per heavy atom. The minimum absolute atomic E-state index is 0.351. The molecular weight excluding hydrogens is 299 g/mol. The average Bonchev–Trinajstić information content (AvgIpc) is 2.49.